The second kappa shape index (κ2) is 9.28. The van der Waals surface area contributed by atoms with Crippen LogP contribution in [0.15, 0.2) is 15.8 Å². The second-order valence-electron chi connectivity index (χ2n) is 10.2. The van der Waals surface area contributed by atoms with E-state index in [0.717, 1.165) is 0 Å². The van der Waals surface area contributed by atoms with Crippen molar-refractivity contribution in [1.29, 1.82) is 0 Å². The minimum absolute atomic E-state index is 0.108. The Morgan fingerprint density at radius 2 is 1.53 bits per heavy atom. The Labute approximate surface area is 191 Å². The molecule has 4 atom stereocenters. The first-order valence-electron chi connectivity index (χ1n) is 11.5. The van der Waals surface area contributed by atoms with Crippen LogP contribution in [0.3, 0.4) is 0 Å². The van der Waals surface area contributed by atoms with Gasteiger partial charge in [-0.2, -0.15) is 0 Å². The van der Waals surface area contributed by atoms with Crippen molar-refractivity contribution in [2.24, 2.45) is 0 Å². The summed E-state index contributed by atoms with van der Waals surface area (Å²) in [6.45, 7) is 17.2. The summed E-state index contributed by atoms with van der Waals surface area (Å²) in [5, 5.41) is 11.2. The van der Waals surface area contributed by atoms with E-state index in [4.69, 9.17) is 17.7 Å². The molecule has 0 aliphatic carbocycles. The number of H-pyrrole nitrogens is 2. The number of aromatic nitrogens is 2. The highest BCUT2D eigenvalue weighted by Crippen LogP contribution is 2.48. The van der Waals surface area contributed by atoms with Crippen LogP contribution in [0, 0.1) is 0 Å². The molecule has 3 heterocycles. The topological polar surface area (TPSA) is 123 Å². The van der Waals surface area contributed by atoms with Crippen LogP contribution in [0.4, 0.5) is 0 Å². The molecular formula is C21H38N2O7Si2. The van der Waals surface area contributed by atoms with Crippen LogP contribution >= 0.6 is 0 Å². The highest BCUT2D eigenvalue weighted by Gasteiger charge is 2.61. The number of fused-ring (bicyclic) bond motifs is 1. The lowest BCUT2D eigenvalue weighted by atomic mass is 10.0. The number of rotatable bonds is 5. The van der Waals surface area contributed by atoms with E-state index in [-0.39, 0.29) is 34.3 Å². The van der Waals surface area contributed by atoms with Crippen molar-refractivity contribution in [2.75, 3.05) is 6.61 Å². The standard InChI is InChI=1S/C21H38N2O7Si2/c1-11(2)31(12(3)4)27-10-16-19(29-32(30-31,13(5)6)14(7)8)17(24)18(28-16)15-9-22-21(26)23-20(15)25/h9,11-14,16-19,24H,10H2,1-8H3,(H2,22,23,25,26)/t16-,17+,18+,19-/m1/s1. The van der Waals surface area contributed by atoms with Gasteiger partial charge in [-0.05, 0) is 22.2 Å². The average Bonchev–Trinajstić information content (AvgIpc) is 2.96. The first-order chi connectivity index (χ1) is 14.9. The molecule has 0 radical (unpaired) electrons. The lowest BCUT2D eigenvalue weighted by molar-refractivity contribution is -0.0393. The summed E-state index contributed by atoms with van der Waals surface area (Å²) in [7, 11) is -5.63. The summed E-state index contributed by atoms with van der Waals surface area (Å²) in [4.78, 5) is 28.5. The van der Waals surface area contributed by atoms with Crippen molar-refractivity contribution in [3.63, 3.8) is 0 Å². The molecule has 0 amide bonds. The summed E-state index contributed by atoms with van der Waals surface area (Å²) in [6, 6.07) is 0. The zero-order valence-corrected chi connectivity index (χ0v) is 22.3. The van der Waals surface area contributed by atoms with Crippen molar-refractivity contribution in [3.05, 3.63) is 32.6 Å². The van der Waals surface area contributed by atoms with E-state index in [2.05, 4.69) is 65.4 Å². The normalized spacial score (nSPS) is 30.0. The first-order valence-corrected chi connectivity index (χ1v) is 15.5. The Morgan fingerprint density at radius 1 is 0.969 bits per heavy atom. The Hall–Kier alpha value is -1.09. The number of hydrogen-bond acceptors (Lipinski definition) is 7. The maximum atomic E-state index is 12.4. The molecule has 0 aromatic carbocycles. The van der Waals surface area contributed by atoms with Gasteiger partial charge in [0.2, 0.25) is 0 Å². The number of nitrogens with one attached hydrogen (secondary N) is 2. The SMILES string of the molecule is CC(C)[Si]1(C(C)C)OC[C@H]2O[C@@H](c3c[nH]c(=O)[nH]c3=O)[C@H](O)[C@@H]2O[Si](C(C)C)(C(C)C)O1. The Bertz CT molecular complexity index is 898. The van der Waals surface area contributed by atoms with E-state index in [0.29, 0.717) is 0 Å². The molecule has 0 saturated carbocycles. The molecule has 32 heavy (non-hydrogen) atoms. The molecule has 0 bridgehead atoms. The van der Waals surface area contributed by atoms with Gasteiger partial charge in [0.1, 0.15) is 24.4 Å². The zero-order valence-electron chi connectivity index (χ0n) is 20.3. The van der Waals surface area contributed by atoms with Crippen molar-refractivity contribution < 1.29 is 22.8 Å². The Kier molecular flexibility index (Phi) is 7.40. The third kappa shape index (κ3) is 4.24. The van der Waals surface area contributed by atoms with Gasteiger partial charge in [0.15, 0.2) is 0 Å². The zero-order chi connectivity index (χ0) is 24.0. The van der Waals surface area contributed by atoms with E-state index >= 15 is 0 Å². The van der Waals surface area contributed by atoms with Gasteiger partial charge in [0.25, 0.3) is 5.56 Å². The number of aromatic amines is 2. The fraction of sp³-hybridized carbons (Fsp3) is 0.810. The molecule has 2 saturated heterocycles. The molecule has 182 valence electrons. The first kappa shape index (κ1) is 25.5. The molecule has 2 aliphatic rings. The average molecular weight is 487 g/mol. The summed E-state index contributed by atoms with van der Waals surface area (Å²) < 4.78 is 26.7. The predicted octanol–water partition coefficient (Wildman–Crippen LogP) is 2.82. The Morgan fingerprint density at radius 3 is 2.03 bits per heavy atom. The van der Waals surface area contributed by atoms with Crippen LogP contribution in [-0.2, 0) is 17.7 Å². The van der Waals surface area contributed by atoms with E-state index in [1.54, 1.807) is 0 Å². The van der Waals surface area contributed by atoms with Gasteiger partial charge in [-0.3, -0.25) is 9.78 Å². The maximum absolute atomic E-state index is 12.4. The van der Waals surface area contributed by atoms with Crippen LogP contribution in [-0.4, -0.2) is 57.1 Å². The third-order valence-corrected chi connectivity index (χ3v) is 17.1. The molecule has 2 fully saturated rings. The van der Waals surface area contributed by atoms with Gasteiger partial charge < -0.3 is 27.8 Å². The van der Waals surface area contributed by atoms with Crippen LogP contribution in [0.2, 0.25) is 22.2 Å². The molecule has 11 heteroatoms. The molecular weight excluding hydrogens is 448 g/mol. The minimum Gasteiger partial charge on any atom is -0.414 e. The number of aliphatic hydroxyl groups excluding tert-OH is 1. The van der Waals surface area contributed by atoms with E-state index < -0.39 is 52.8 Å². The highest BCUT2D eigenvalue weighted by molar-refractivity contribution is 6.83. The maximum Gasteiger partial charge on any atom is 0.335 e. The van der Waals surface area contributed by atoms with Crippen LogP contribution < -0.4 is 11.2 Å². The predicted molar refractivity (Wildman–Crippen MR) is 125 cm³/mol. The molecule has 3 N–H and O–H groups in total. The summed E-state index contributed by atoms with van der Waals surface area (Å²) in [5.41, 5.74) is -0.443. The molecule has 1 aromatic heterocycles. The summed E-state index contributed by atoms with van der Waals surface area (Å²) in [6.07, 6.45) is -2.00. The van der Waals surface area contributed by atoms with E-state index in [9.17, 15) is 14.7 Å². The monoisotopic (exact) mass is 486 g/mol. The molecule has 0 unspecified atom stereocenters. The van der Waals surface area contributed by atoms with E-state index in [1.165, 1.54) is 6.20 Å². The highest BCUT2D eigenvalue weighted by atomic mass is 28.5. The molecule has 3 rings (SSSR count). The molecule has 0 spiro atoms. The summed E-state index contributed by atoms with van der Waals surface area (Å²) in [5.74, 6) is 0. The van der Waals surface area contributed by atoms with Gasteiger partial charge >= 0.3 is 22.8 Å². The number of ether oxygens (including phenoxy) is 1. The van der Waals surface area contributed by atoms with Gasteiger partial charge in [-0.15, -0.1) is 0 Å². The molecule has 1 aromatic rings. The number of aliphatic hydroxyl groups is 1. The number of hydrogen-bond donors (Lipinski definition) is 3. The van der Waals surface area contributed by atoms with Crippen LogP contribution in [0.25, 0.3) is 0 Å². The Balaban J connectivity index is 2.08. The van der Waals surface area contributed by atoms with Crippen molar-refractivity contribution >= 4 is 17.1 Å². The van der Waals surface area contributed by atoms with Gasteiger partial charge in [0.05, 0.1) is 12.2 Å². The lowest BCUT2D eigenvalue weighted by Crippen LogP contribution is -2.65. The molecule has 9 nitrogen and oxygen atoms in total. The fourth-order valence-electron chi connectivity index (χ4n) is 5.05. The van der Waals surface area contributed by atoms with Crippen molar-refractivity contribution in [2.45, 2.75) is 102 Å². The molecule has 2 aliphatic heterocycles. The van der Waals surface area contributed by atoms with Crippen LogP contribution in [0.1, 0.15) is 67.1 Å². The summed E-state index contributed by atoms with van der Waals surface area (Å²) >= 11 is 0. The third-order valence-electron chi connectivity index (χ3n) is 6.82. The quantitative estimate of drug-likeness (QED) is 0.547. The van der Waals surface area contributed by atoms with Gasteiger partial charge in [0, 0.05) is 6.20 Å². The largest absolute Gasteiger partial charge is 0.414 e. The van der Waals surface area contributed by atoms with Crippen molar-refractivity contribution in [3.8, 4) is 0 Å². The van der Waals surface area contributed by atoms with Gasteiger partial charge in [-0.25, -0.2) is 4.79 Å². The fourth-order valence-corrected chi connectivity index (χ4v) is 16.3. The van der Waals surface area contributed by atoms with Crippen molar-refractivity contribution in [1.82, 2.24) is 9.97 Å². The lowest BCUT2D eigenvalue weighted by Gasteiger charge is -2.51. The van der Waals surface area contributed by atoms with E-state index in [1.807, 2.05) is 0 Å². The van der Waals surface area contributed by atoms with Gasteiger partial charge in [-0.1, -0.05) is 55.4 Å². The van der Waals surface area contributed by atoms with Crippen LogP contribution in [0.5, 0.6) is 0 Å². The minimum atomic E-state index is -2.91. The smallest absolute Gasteiger partial charge is 0.335 e. The second-order valence-corrected chi connectivity index (χ2v) is 19.0.